The summed E-state index contributed by atoms with van der Waals surface area (Å²) in [6.07, 6.45) is 2.67. The number of carbonyl (C=O) groups excluding carboxylic acids is 2. The van der Waals surface area contributed by atoms with Crippen LogP contribution in [0.25, 0.3) is 6.08 Å². The predicted octanol–water partition coefficient (Wildman–Crippen LogP) is 1.70. The maximum absolute atomic E-state index is 12.0. The summed E-state index contributed by atoms with van der Waals surface area (Å²) in [6, 6.07) is 8.68. The number of furan rings is 1. The molecule has 0 atom stereocenters. The fourth-order valence-electron chi connectivity index (χ4n) is 1.78. The van der Waals surface area contributed by atoms with E-state index in [2.05, 4.69) is 10.6 Å². The lowest BCUT2D eigenvalue weighted by atomic mass is 10.1. The molecule has 23 heavy (non-hydrogen) atoms. The molecule has 2 amide bonds. The summed E-state index contributed by atoms with van der Waals surface area (Å²) in [5.74, 6) is -1.11. The summed E-state index contributed by atoms with van der Waals surface area (Å²) in [4.78, 5) is 34.1. The Balaban J connectivity index is 2.31. The number of nitrogens with one attached hydrogen (secondary N) is 2. The zero-order chi connectivity index (χ0) is 16.8. The van der Waals surface area contributed by atoms with Gasteiger partial charge in [-0.05, 0) is 23.8 Å². The van der Waals surface area contributed by atoms with E-state index in [-0.39, 0.29) is 17.1 Å². The number of likely N-dealkylation sites (N-methyl/N-ethyl adjacent to an activating group) is 1. The number of hydrogen-bond donors (Lipinski definition) is 2. The quantitative estimate of drug-likeness (QED) is 0.495. The first-order valence-electron chi connectivity index (χ1n) is 6.54. The smallest absolute Gasteiger partial charge is 0.291 e. The molecular weight excluding hydrogens is 302 g/mol. The van der Waals surface area contributed by atoms with Gasteiger partial charge in [0, 0.05) is 19.2 Å². The summed E-state index contributed by atoms with van der Waals surface area (Å²) in [6.45, 7) is 0. The van der Waals surface area contributed by atoms with Gasteiger partial charge >= 0.3 is 0 Å². The molecule has 2 N–H and O–H groups in total. The van der Waals surface area contributed by atoms with Gasteiger partial charge in [0.25, 0.3) is 17.5 Å². The van der Waals surface area contributed by atoms with Gasteiger partial charge in [0.2, 0.25) is 0 Å². The van der Waals surface area contributed by atoms with Crippen LogP contribution >= 0.6 is 0 Å². The minimum atomic E-state index is -0.602. The predicted molar refractivity (Wildman–Crippen MR) is 81.3 cm³/mol. The van der Waals surface area contributed by atoms with E-state index in [1.165, 1.54) is 43.7 Å². The fraction of sp³-hybridized carbons (Fsp3) is 0.0667. The average molecular weight is 315 g/mol. The number of carbonyl (C=O) groups is 2. The molecular formula is C15H13N3O5. The normalized spacial score (nSPS) is 10.9. The number of nitro benzene ring substituents is 1. The molecule has 0 saturated carbocycles. The van der Waals surface area contributed by atoms with Crippen molar-refractivity contribution in [2.75, 3.05) is 7.05 Å². The Bertz CT molecular complexity index is 765. The van der Waals surface area contributed by atoms with E-state index in [4.69, 9.17) is 4.42 Å². The second kappa shape index (κ2) is 7.03. The first-order valence-corrected chi connectivity index (χ1v) is 6.54. The van der Waals surface area contributed by atoms with Crippen LogP contribution in [0.2, 0.25) is 0 Å². The molecule has 0 aliphatic heterocycles. The van der Waals surface area contributed by atoms with E-state index in [1.807, 2.05) is 0 Å². The van der Waals surface area contributed by atoms with Gasteiger partial charge in [-0.15, -0.1) is 0 Å². The van der Waals surface area contributed by atoms with E-state index >= 15 is 0 Å². The van der Waals surface area contributed by atoms with Gasteiger partial charge in [-0.2, -0.15) is 0 Å². The molecule has 8 heteroatoms. The molecule has 1 heterocycles. The summed E-state index contributed by atoms with van der Waals surface area (Å²) in [5.41, 5.74) is 0.222. The first kappa shape index (κ1) is 16.0. The summed E-state index contributed by atoms with van der Waals surface area (Å²) in [7, 11) is 1.41. The monoisotopic (exact) mass is 315 g/mol. The summed E-state index contributed by atoms with van der Waals surface area (Å²) in [5, 5.41) is 15.6. The molecule has 0 aliphatic rings. The van der Waals surface area contributed by atoms with Crippen LogP contribution in [0.5, 0.6) is 0 Å². The van der Waals surface area contributed by atoms with Crippen molar-refractivity contribution in [1.82, 2.24) is 10.6 Å². The standard InChI is InChI=1S/C15H13N3O5/c1-16-14(19)12(17-15(20)13-6-3-7-23-13)9-10-4-2-5-11(8-10)18(21)22/h2-9H,1H3,(H,16,19)(H,17,20). The lowest BCUT2D eigenvalue weighted by Gasteiger charge is -2.07. The number of nitrogens with zero attached hydrogens (tertiary/aromatic N) is 1. The number of rotatable bonds is 5. The zero-order valence-corrected chi connectivity index (χ0v) is 12.1. The number of amides is 2. The van der Waals surface area contributed by atoms with Crippen molar-refractivity contribution in [3.63, 3.8) is 0 Å². The first-order chi connectivity index (χ1) is 11.0. The molecule has 2 aromatic rings. The Morgan fingerprint density at radius 2 is 2.04 bits per heavy atom. The van der Waals surface area contributed by atoms with E-state index in [0.29, 0.717) is 5.56 Å². The third-order valence-corrected chi connectivity index (χ3v) is 2.86. The van der Waals surface area contributed by atoms with Crippen LogP contribution in [-0.4, -0.2) is 23.8 Å². The molecule has 2 rings (SSSR count). The van der Waals surface area contributed by atoms with Crippen molar-refractivity contribution in [2.45, 2.75) is 0 Å². The molecule has 0 spiro atoms. The third kappa shape index (κ3) is 4.03. The molecule has 1 aromatic heterocycles. The van der Waals surface area contributed by atoms with Crippen LogP contribution in [0, 0.1) is 10.1 Å². The second-order valence-electron chi connectivity index (χ2n) is 4.42. The van der Waals surface area contributed by atoms with Crippen LogP contribution in [0.4, 0.5) is 5.69 Å². The van der Waals surface area contributed by atoms with Gasteiger partial charge in [0.05, 0.1) is 11.2 Å². The minimum absolute atomic E-state index is 0.0406. The van der Waals surface area contributed by atoms with Crippen LogP contribution in [0.1, 0.15) is 16.1 Å². The van der Waals surface area contributed by atoms with Crippen molar-refractivity contribution < 1.29 is 18.9 Å². The van der Waals surface area contributed by atoms with E-state index in [1.54, 1.807) is 12.1 Å². The zero-order valence-electron chi connectivity index (χ0n) is 12.1. The molecule has 0 unspecified atom stereocenters. The van der Waals surface area contributed by atoms with Gasteiger partial charge in [-0.1, -0.05) is 12.1 Å². The number of nitro groups is 1. The molecule has 0 bridgehead atoms. The Morgan fingerprint density at radius 3 is 2.65 bits per heavy atom. The second-order valence-corrected chi connectivity index (χ2v) is 4.42. The Morgan fingerprint density at radius 1 is 1.26 bits per heavy atom. The van der Waals surface area contributed by atoms with Crippen LogP contribution < -0.4 is 10.6 Å². The van der Waals surface area contributed by atoms with Gasteiger partial charge in [0.15, 0.2) is 5.76 Å². The van der Waals surface area contributed by atoms with E-state index in [0.717, 1.165) is 0 Å². The Labute approximate surface area is 130 Å². The fourth-order valence-corrected chi connectivity index (χ4v) is 1.78. The number of non-ortho nitro benzene ring substituents is 1. The Hall–Kier alpha value is -3.42. The van der Waals surface area contributed by atoms with Crippen LogP contribution in [0.15, 0.2) is 52.8 Å². The summed E-state index contributed by atoms with van der Waals surface area (Å²) < 4.78 is 4.95. The van der Waals surface area contributed by atoms with Gasteiger partial charge in [-0.3, -0.25) is 19.7 Å². The van der Waals surface area contributed by atoms with Crippen molar-refractivity contribution in [1.29, 1.82) is 0 Å². The van der Waals surface area contributed by atoms with Crippen molar-refractivity contribution in [3.8, 4) is 0 Å². The van der Waals surface area contributed by atoms with Crippen molar-refractivity contribution >= 4 is 23.6 Å². The average Bonchev–Trinajstić information content (AvgIpc) is 3.08. The molecule has 8 nitrogen and oxygen atoms in total. The minimum Gasteiger partial charge on any atom is -0.459 e. The third-order valence-electron chi connectivity index (χ3n) is 2.86. The molecule has 1 aromatic carbocycles. The SMILES string of the molecule is CNC(=O)C(=Cc1cccc([N+](=O)[O-])c1)NC(=O)c1ccco1. The van der Waals surface area contributed by atoms with Crippen LogP contribution in [-0.2, 0) is 4.79 Å². The number of hydrogen-bond acceptors (Lipinski definition) is 5. The molecule has 118 valence electrons. The summed E-state index contributed by atoms with van der Waals surface area (Å²) >= 11 is 0. The Kier molecular flexibility index (Phi) is 4.88. The highest BCUT2D eigenvalue weighted by Crippen LogP contribution is 2.15. The largest absolute Gasteiger partial charge is 0.459 e. The van der Waals surface area contributed by atoms with Crippen LogP contribution in [0.3, 0.4) is 0 Å². The van der Waals surface area contributed by atoms with Gasteiger partial charge in [0.1, 0.15) is 5.70 Å². The molecule has 0 aliphatic carbocycles. The maximum atomic E-state index is 12.0. The van der Waals surface area contributed by atoms with Gasteiger partial charge in [-0.25, -0.2) is 0 Å². The van der Waals surface area contributed by atoms with Gasteiger partial charge < -0.3 is 15.1 Å². The highest BCUT2D eigenvalue weighted by molar-refractivity contribution is 6.04. The highest BCUT2D eigenvalue weighted by Gasteiger charge is 2.15. The molecule has 0 radical (unpaired) electrons. The van der Waals surface area contributed by atoms with Crippen molar-refractivity contribution in [2.24, 2.45) is 0 Å². The van der Waals surface area contributed by atoms with E-state index < -0.39 is 16.7 Å². The maximum Gasteiger partial charge on any atom is 0.291 e. The lowest BCUT2D eigenvalue weighted by Crippen LogP contribution is -2.32. The molecule has 0 fully saturated rings. The topological polar surface area (TPSA) is 114 Å². The highest BCUT2D eigenvalue weighted by atomic mass is 16.6. The molecule has 0 saturated heterocycles. The van der Waals surface area contributed by atoms with E-state index in [9.17, 15) is 19.7 Å². The number of benzene rings is 1. The van der Waals surface area contributed by atoms with Crippen molar-refractivity contribution in [3.05, 3.63) is 69.8 Å². The lowest BCUT2D eigenvalue weighted by molar-refractivity contribution is -0.384.